The maximum absolute atomic E-state index is 14.8. The van der Waals surface area contributed by atoms with Crippen LogP contribution >= 0.6 is 23.2 Å². The van der Waals surface area contributed by atoms with E-state index in [1.54, 1.807) is 30.6 Å². The normalized spacial score (nSPS) is 11.2. The fraction of sp³-hybridized carbons (Fsp3) is 0.0476. The van der Waals surface area contributed by atoms with E-state index < -0.39 is 5.82 Å². The Balaban J connectivity index is 1.46. The van der Waals surface area contributed by atoms with Gasteiger partial charge in [0, 0.05) is 19.2 Å². The smallest absolute Gasteiger partial charge is 0.160 e. The molecule has 0 saturated heterocycles. The molecule has 2 aromatic carbocycles. The standard InChI is InChI=1S/C21H13Cl2FN6O/c1-30-10-27-16-6-11(2-4-17(16)30)31-18-8-13(24)15(7-12(18)22)28-21-20-14(25-9-26-21)3-5-19(23)29-20/h2-10H,1H3,(H,25,26,28). The molecule has 0 atom stereocenters. The molecule has 0 bridgehead atoms. The zero-order chi connectivity index (χ0) is 21.5. The van der Waals surface area contributed by atoms with E-state index in [1.165, 1.54) is 18.5 Å². The Labute approximate surface area is 185 Å². The topological polar surface area (TPSA) is 77.8 Å². The van der Waals surface area contributed by atoms with Crippen LogP contribution in [0.15, 0.2) is 55.1 Å². The number of fused-ring (bicyclic) bond motifs is 2. The van der Waals surface area contributed by atoms with Gasteiger partial charge in [0.05, 0.1) is 33.6 Å². The van der Waals surface area contributed by atoms with E-state index in [9.17, 15) is 4.39 Å². The van der Waals surface area contributed by atoms with Crippen molar-refractivity contribution in [2.45, 2.75) is 0 Å². The van der Waals surface area contributed by atoms with Crippen LogP contribution in [0.3, 0.4) is 0 Å². The van der Waals surface area contributed by atoms with Crippen molar-refractivity contribution in [1.82, 2.24) is 24.5 Å². The number of imidazole rings is 1. The van der Waals surface area contributed by atoms with E-state index in [-0.39, 0.29) is 21.6 Å². The maximum Gasteiger partial charge on any atom is 0.160 e. The highest BCUT2D eigenvalue weighted by Crippen LogP contribution is 2.36. The van der Waals surface area contributed by atoms with Gasteiger partial charge in [0.25, 0.3) is 0 Å². The van der Waals surface area contributed by atoms with Gasteiger partial charge in [0.15, 0.2) is 5.82 Å². The van der Waals surface area contributed by atoms with Crippen molar-refractivity contribution in [3.8, 4) is 11.5 Å². The molecule has 3 aromatic heterocycles. The van der Waals surface area contributed by atoms with E-state index in [1.807, 2.05) is 17.7 Å². The third-order valence-electron chi connectivity index (χ3n) is 4.65. The first-order chi connectivity index (χ1) is 15.0. The molecule has 1 N–H and O–H groups in total. The van der Waals surface area contributed by atoms with Crippen LogP contribution in [-0.2, 0) is 7.05 Å². The Morgan fingerprint density at radius 1 is 1.00 bits per heavy atom. The first kappa shape index (κ1) is 19.5. The van der Waals surface area contributed by atoms with Crippen molar-refractivity contribution in [3.05, 3.63) is 71.1 Å². The van der Waals surface area contributed by atoms with Gasteiger partial charge < -0.3 is 14.6 Å². The van der Waals surface area contributed by atoms with Crippen LogP contribution < -0.4 is 10.1 Å². The summed E-state index contributed by atoms with van der Waals surface area (Å²) in [6.07, 6.45) is 3.06. The van der Waals surface area contributed by atoms with E-state index in [0.29, 0.717) is 22.6 Å². The number of aromatic nitrogens is 5. The van der Waals surface area contributed by atoms with Crippen molar-refractivity contribution in [1.29, 1.82) is 0 Å². The molecular formula is C21H13Cl2FN6O. The van der Waals surface area contributed by atoms with E-state index in [2.05, 4.69) is 25.3 Å². The number of nitrogens with zero attached hydrogens (tertiary/aromatic N) is 5. The molecule has 0 aliphatic carbocycles. The summed E-state index contributed by atoms with van der Waals surface area (Å²) in [6.45, 7) is 0. The molecule has 0 radical (unpaired) electrons. The van der Waals surface area contributed by atoms with Crippen molar-refractivity contribution < 1.29 is 9.13 Å². The number of ether oxygens (including phenoxy) is 1. The second-order valence-corrected chi connectivity index (χ2v) is 7.51. The van der Waals surface area contributed by atoms with Gasteiger partial charge in [0.1, 0.15) is 34.3 Å². The molecule has 0 aliphatic rings. The Hall–Kier alpha value is -3.49. The van der Waals surface area contributed by atoms with Gasteiger partial charge in [-0.1, -0.05) is 23.2 Å². The van der Waals surface area contributed by atoms with Crippen molar-refractivity contribution in [2.75, 3.05) is 5.32 Å². The first-order valence-electron chi connectivity index (χ1n) is 9.10. The molecule has 0 spiro atoms. The monoisotopic (exact) mass is 454 g/mol. The highest BCUT2D eigenvalue weighted by Gasteiger charge is 2.14. The molecule has 31 heavy (non-hydrogen) atoms. The first-order valence-corrected chi connectivity index (χ1v) is 9.86. The number of hydrogen-bond acceptors (Lipinski definition) is 6. The molecule has 5 rings (SSSR count). The molecule has 0 amide bonds. The fourth-order valence-electron chi connectivity index (χ4n) is 3.14. The predicted octanol–water partition coefficient (Wildman–Crippen LogP) is 5.89. The van der Waals surface area contributed by atoms with Crippen molar-refractivity contribution in [2.24, 2.45) is 7.05 Å². The van der Waals surface area contributed by atoms with E-state index in [0.717, 1.165) is 11.0 Å². The number of halogens is 3. The second-order valence-electron chi connectivity index (χ2n) is 6.72. The van der Waals surface area contributed by atoms with Crippen LogP contribution in [0.2, 0.25) is 10.2 Å². The average Bonchev–Trinajstić information content (AvgIpc) is 3.12. The Kier molecular flexibility index (Phi) is 4.80. The highest BCUT2D eigenvalue weighted by molar-refractivity contribution is 6.32. The molecule has 5 aromatic rings. The van der Waals surface area contributed by atoms with Gasteiger partial charge in [-0.3, -0.25) is 0 Å². The average molecular weight is 455 g/mol. The molecule has 0 aliphatic heterocycles. The third-order valence-corrected chi connectivity index (χ3v) is 5.15. The van der Waals surface area contributed by atoms with Gasteiger partial charge in [-0.25, -0.2) is 24.3 Å². The number of aryl methyl sites for hydroxylation is 1. The van der Waals surface area contributed by atoms with Crippen LogP contribution in [0.5, 0.6) is 11.5 Å². The Morgan fingerprint density at radius 2 is 1.87 bits per heavy atom. The third kappa shape index (κ3) is 3.71. The maximum atomic E-state index is 14.8. The second kappa shape index (κ2) is 7.64. The molecule has 7 nitrogen and oxygen atoms in total. The molecule has 0 saturated carbocycles. The number of anilines is 2. The summed E-state index contributed by atoms with van der Waals surface area (Å²) in [4.78, 5) is 16.8. The SMILES string of the molecule is Cn1cnc2cc(Oc3cc(F)c(Nc4ncnc5ccc(Cl)nc45)cc3Cl)ccc21. The summed E-state index contributed by atoms with van der Waals surface area (Å²) in [5.74, 6) is 0.395. The Morgan fingerprint density at radius 3 is 2.74 bits per heavy atom. The number of hydrogen-bond donors (Lipinski definition) is 1. The van der Waals surface area contributed by atoms with Crippen molar-refractivity contribution >= 4 is 56.8 Å². The minimum Gasteiger partial charge on any atom is -0.456 e. The number of pyridine rings is 1. The summed E-state index contributed by atoms with van der Waals surface area (Å²) in [6, 6.07) is 11.4. The Bertz CT molecular complexity index is 1460. The fourth-order valence-corrected chi connectivity index (χ4v) is 3.49. The largest absolute Gasteiger partial charge is 0.456 e. The number of nitrogens with one attached hydrogen (secondary N) is 1. The van der Waals surface area contributed by atoms with Crippen LogP contribution in [0, 0.1) is 5.82 Å². The highest BCUT2D eigenvalue weighted by atomic mass is 35.5. The molecular weight excluding hydrogens is 442 g/mol. The lowest BCUT2D eigenvalue weighted by Crippen LogP contribution is -2.00. The van der Waals surface area contributed by atoms with Gasteiger partial charge in [-0.05, 0) is 30.3 Å². The van der Waals surface area contributed by atoms with Gasteiger partial charge in [-0.15, -0.1) is 0 Å². The van der Waals surface area contributed by atoms with Crippen LogP contribution in [0.25, 0.3) is 22.1 Å². The minimum atomic E-state index is -0.577. The molecule has 0 fully saturated rings. The predicted molar refractivity (Wildman–Crippen MR) is 118 cm³/mol. The van der Waals surface area contributed by atoms with Crippen LogP contribution in [0.4, 0.5) is 15.9 Å². The molecule has 154 valence electrons. The van der Waals surface area contributed by atoms with Gasteiger partial charge in [-0.2, -0.15) is 0 Å². The molecule has 3 heterocycles. The number of rotatable bonds is 4. The lowest BCUT2D eigenvalue weighted by molar-refractivity contribution is 0.478. The summed E-state index contributed by atoms with van der Waals surface area (Å²) in [7, 11) is 1.90. The lowest BCUT2D eigenvalue weighted by atomic mass is 10.2. The zero-order valence-electron chi connectivity index (χ0n) is 16.0. The van der Waals surface area contributed by atoms with Crippen LogP contribution in [0.1, 0.15) is 0 Å². The number of benzene rings is 2. The van der Waals surface area contributed by atoms with E-state index >= 15 is 0 Å². The zero-order valence-corrected chi connectivity index (χ0v) is 17.5. The summed E-state index contributed by atoms with van der Waals surface area (Å²) < 4.78 is 22.5. The van der Waals surface area contributed by atoms with Crippen molar-refractivity contribution in [3.63, 3.8) is 0 Å². The van der Waals surface area contributed by atoms with E-state index in [4.69, 9.17) is 27.9 Å². The lowest BCUT2D eigenvalue weighted by Gasteiger charge is -2.12. The van der Waals surface area contributed by atoms with Crippen LogP contribution in [-0.4, -0.2) is 24.5 Å². The summed E-state index contributed by atoms with van der Waals surface area (Å²) in [5, 5.41) is 3.39. The van der Waals surface area contributed by atoms with Gasteiger partial charge >= 0.3 is 0 Å². The summed E-state index contributed by atoms with van der Waals surface area (Å²) in [5.41, 5.74) is 2.80. The molecule has 0 unspecified atom stereocenters. The molecule has 10 heteroatoms. The summed E-state index contributed by atoms with van der Waals surface area (Å²) >= 11 is 12.3. The minimum absolute atomic E-state index is 0.110. The van der Waals surface area contributed by atoms with Gasteiger partial charge in [0.2, 0.25) is 0 Å². The quantitative estimate of drug-likeness (QED) is 0.341.